The molecule has 0 unspecified atom stereocenters. The lowest BCUT2D eigenvalue weighted by molar-refractivity contribution is 0.169. The van der Waals surface area contributed by atoms with Crippen molar-refractivity contribution in [3.63, 3.8) is 0 Å². The Labute approximate surface area is 212 Å². The van der Waals surface area contributed by atoms with E-state index in [0.29, 0.717) is 13.2 Å². The zero-order valence-corrected chi connectivity index (χ0v) is 21.2. The summed E-state index contributed by atoms with van der Waals surface area (Å²) in [6.45, 7) is 8.68. The summed E-state index contributed by atoms with van der Waals surface area (Å²) in [5, 5.41) is 7.44. The van der Waals surface area contributed by atoms with Crippen LogP contribution in [0.2, 0.25) is 0 Å². The fourth-order valence-corrected chi connectivity index (χ4v) is 3.59. The zero-order valence-electron chi connectivity index (χ0n) is 18.9. The predicted octanol–water partition coefficient (Wildman–Crippen LogP) is 3.55. The molecule has 33 heavy (non-hydrogen) atoms. The van der Waals surface area contributed by atoms with Gasteiger partial charge in [-0.25, -0.2) is 4.99 Å². The molecule has 3 aromatic rings. The second kappa shape index (κ2) is 13.1. The largest absolute Gasteiger partial charge is 0.487 e. The minimum atomic E-state index is 0. The Morgan fingerprint density at radius 2 is 1.88 bits per heavy atom. The Morgan fingerprint density at radius 3 is 2.55 bits per heavy atom. The van der Waals surface area contributed by atoms with Crippen LogP contribution in [0.15, 0.2) is 70.5 Å². The van der Waals surface area contributed by atoms with Crippen molar-refractivity contribution in [1.82, 2.24) is 25.3 Å². The van der Waals surface area contributed by atoms with Crippen LogP contribution in [0.5, 0.6) is 5.75 Å². The molecule has 0 aliphatic carbocycles. The Morgan fingerprint density at radius 1 is 1.06 bits per heavy atom. The first kappa shape index (κ1) is 25.0. The van der Waals surface area contributed by atoms with Gasteiger partial charge in [-0.15, -0.1) is 24.0 Å². The molecular formula is C24H31IN6O2. The van der Waals surface area contributed by atoms with Crippen molar-refractivity contribution < 1.29 is 9.26 Å². The molecule has 176 valence electrons. The molecule has 8 nitrogen and oxygen atoms in total. The summed E-state index contributed by atoms with van der Waals surface area (Å²) in [6.07, 6.45) is 3.40. The van der Waals surface area contributed by atoms with Crippen LogP contribution in [-0.4, -0.2) is 58.6 Å². The minimum Gasteiger partial charge on any atom is -0.487 e. The first-order valence-corrected chi connectivity index (χ1v) is 11.1. The lowest BCUT2D eigenvalue weighted by Crippen LogP contribution is -2.52. The number of pyridine rings is 1. The van der Waals surface area contributed by atoms with Crippen molar-refractivity contribution >= 4 is 29.9 Å². The lowest BCUT2D eigenvalue weighted by Gasteiger charge is -2.36. The van der Waals surface area contributed by atoms with Crippen LogP contribution in [-0.2, 0) is 19.7 Å². The number of aliphatic imine (C=N–C) groups is 1. The molecule has 9 heteroatoms. The minimum absolute atomic E-state index is 0. The standard InChI is InChI=1S/C24H30N6O2.HI/c1-2-25-24(30-14-12-29(13-15-30)18-21-10-16-32-28-21)27-17-20-6-8-23(9-7-20)31-19-22-5-3-4-11-26-22;/h3-11,16H,2,12-15,17-19H2,1H3,(H,25,27);1H. The van der Waals surface area contributed by atoms with E-state index in [0.717, 1.165) is 67.9 Å². The third-order valence-electron chi connectivity index (χ3n) is 5.33. The summed E-state index contributed by atoms with van der Waals surface area (Å²) < 4.78 is 10.8. The number of nitrogens with one attached hydrogen (secondary N) is 1. The normalized spacial score (nSPS) is 14.6. The van der Waals surface area contributed by atoms with Crippen molar-refractivity contribution in [2.24, 2.45) is 4.99 Å². The maximum absolute atomic E-state index is 5.82. The first-order valence-electron chi connectivity index (χ1n) is 11.1. The number of piperazine rings is 1. The van der Waals surface area contributed by atoms with Gasteiger partial charge in [0.25, 0.3) is 0 Å². The van der Waals surface area contributed by atoms with Gasteiger partial charge in [-0.2, -0.15) is 0 Å². The molecule has 0 atom stereocenters. The molecule has 0 radical (unpaired) electrons. The molecule has 1 N–H and O–H groups in total. The number of aromatic nitrogens is 2. The summed E-state index contributed by atoms with van der Waals surface area (Å²) >= 11 is 0. The molecule has 1 aromatic carbocycles. The van der Waals surface area contributed by atoms with E-state index < -0.39 is 0 Å². The van der Waals surface area contributed by atoms with Gasteiger partial charge in [0, 0.05) is 51.5 Å². The Balaban J connectivity index is 0.00000306. The zero-order chi connectivity index (χ0) is 22.0. The van der Waals surface area contributed by atoms with Gasteiger partial charge >= 0.3 is 0 Å². The topological polar surface area (TPSA) is 79.0 Å². The molecule has 1 aliphatic rings. The average molecular weight is 562 g/mol. The molecule has 0 bridgehead atoms. The average Bonchev–Trinajstić information content (AvgIpc) is 3.35. The summed E-state index contributed by atoms with van der Waals surface area (Å²) in [5.41, 5.74) is 3.04. The highest BCUT2D eigenvalue weighted by molar-refractivity contribution is 14.0. The van der Waals surface area contributed by atoms with Crippen LogP contribution in [0, 0.1) is 0 Å². The molecule has 1 aliphatic heterocycles. The maximum Gasteiger partial charge on any atom is 0.194 e. The van der Waals surface area contributed by atoms with Crippen LogP contribution in [0.25, 0.3) is 0 Å². The number of hydrogen-bond donors (Lipinski definition) is 1. The van der Waals surface area contributed by atoms with Crippen molar-refractivity contribution in [3.8, 4) is 5.75 Å². The van der Waals surface area contributed by atoms with Gasteiger partial charge in [0.15, 0.2) is 5.96 Å². The van der Waals surface area contributed by atoms with Gasteiger partial charge < -0.3 is 19.5 Å². The van der Waals surface area contributed by atoms with E-state index in [4.69, 9.17) is 14.3 Å². The van der Waals surface area contributed by atoms with Crippen LogP contribution >= 0.6 is 24.0 Å². The summed E-state index contributed by atoms with van der Waals surface area (Å²) in [4.78, 5) is 13.9. The smallest absolute Gasteiger partial charge is 0.194 e. The molecule has 1 saturated heterocycles. The van der Waals surface area contributed by atoms with Gasteiger partial charge in [0.2, 0.25) is 0 Å². The van der Waals surface area contributed by atoms with Crippen molar-refractivity contribution in [2.45, 2.75) is 26.6 Å². The molecule has 3 heterocycles. The predicted molar refractivity (Wildman–Crippen MR) is 139 cm³/mol. The first-order chi connectivity index (χ1) is 15.8. The number of ether oxygens (including phenoxy) is 1. The van der Waals surface area contributed by atoms with Crippen LogP contribution in [0.4, 0.5) is 0 Å². The number of rotatable bonds is 8. The maximum atomic E-state index is 5.82. The third-order valence-corrected chi connectivity index (χ3v) is 5.33. The molecule has 1 fully saturated rings. The Bertz CT molecular complexity index is 958. The Kier molecular flexibility index (Phi) is 9.95. The van der Waals surface area contributed by atoms with E-state index in [-0.39, 0.29) is 24.0 Å². The molecule has 2 aromatic heterocycles. The second-order valence-electron chi connectivity index (χ2n) is 7.68. The summed E-state index contributed by atoms with van der Waals surface area (Å²) in [7, 11) is 0. The molecular weight excluding hydrogens is 531 g/mol. The monoisotopic (exact) mass is 562 g/mol. The third kappa shape index (κ3) is 7.71. The van der Waals surface area contributed by atoms with E-state index in [9.17, 15) is 0 Å². The fourth-order valence-electron chi connectivity index (χ4n) is 3.59. The molecule has 4 rings (SSSR count). The molecule has 0 saturated carbocycles. The lowest BCUT2D eigenvalue weighted by atomic mass is 10.2. The van der Waals surface area contributed by atoms with Gasteiger partial charge in [0.05, 0.1) is 17.9 Å². The van der Waals surface area contributed by atoms with Crippen molar-refractivity contribution in [3.05, 3.63) is 77.9 Å². The van der Waals surface area contributed by atoms with Gasteiger partial charge in [0.1, 0.15) is 18.6 Å². The highest BCUT2D eigenvalue weighted by atomic mass is 127. The van der Waals surface area contributed by atoms with E-state index >= 15 is 0 Å². The number of guanidine groups is 1. The van der Waals surface area contributed by atoms with Crippen LogP contribution in [0.3, 0.4) is 0 Å². The van der Waals surface area contributed by atoms with E-state index in [1.54, 1.807) is 12.5 Å². The Hall–Kier alpha value is -2.66. The van der Waals surface area contributed by atoms with Gasteiger partial charge in [-0.05, 0) is 36.8 Å². The fraction of sp³-hybridized carbons (Fsp3) is 0.375. The summed E-state index contributed by atoms with van der Waals surface area (Å²) in [5.74, 6) is 1.79. The van der Waals surface area contributed by atoms with Gasteiger partial charge in [-0.1, -0.05) is 23.4 Å². The molecule has 0 amide bonds. The van der Waals surface area contributed by atoms with E-state index in [1.165, 1.54) is 0 Å². The van der Waals surface area contributed by atoms with Crippen LogP contribution in [0.1, 0.15) is 23.9 Å². The summed E-state index contributed by atoms with van der Waals surface area (Å²) in [6, 6.07) is 15.9. The number of benzene rings is 1. The highest BCUT2D eigenvalue weighted by Gasteiger charge is 2.20. The van der Waals surface area contributed by atoms with Crippen LogP contribution < -0.4 is 10.1 Å². The number of halogens is 1. The van der Waals surface area contributed by atoms with E-state index in [2.05, 4.69) is 44.3 Å². The van der Waals surface area contributed by atoms with Gasteiger partial charge in [-0.3, -0.25) is 9.88 Å². The van der Waals surface area contributed by atoms with Crippen molar-refractivity contribution in [2.75, 3.05) is 32.7 Å². The quantitative estimate of drug-likeness (QED) is 0.256. The SMILES string of the molecule is CCNC(=NCc1ccc(OCc2ccccn2)cc1)N1CCN(Cc2ccon2)CC1.I. The second-order valence-corrected chi connectivity index (χ2v) is 7.68. The van der Waals surface area contributed by atoms with Crippen molar-refractivity contribution in [1.29, 1.82) is 0 Å². The van der Waals surface area contributed by atoms with E-state index in [1.807, 2.05) is 36.4 Å². The molecule has 0 spiro atoms. The number of hydrogen-bond acceptors (Lipinski definition) is 6. The number of nitrogens with zero attached hydrogens (tertiary/aromatic N) is 5. The highest BCUT2D eigenvalue weighted by Crippen LogP contribution is 2.15.